The van der Waals surface area contributed by atoms with Crippen molar-refractivity contribution in [3.05, 3.63) is 71.3 Å². The summed E-state index contributed by atoms with van der Waals surface area (Å²) < 4.78 is 5.58. The van der Waals surface area contributed by atoms with Crippen LogP contribution in [0.4, 0.5) is 4.79 Å². The van der Waals surface area contributed by atoms with Gasteiger partial charge in [-0.25, -0.2) is 4.79 Å². The predicted molar refractivity (Wildman–Crippen MR) is 177 cm³/mol. The summed E-state index contributed by atoms with van der Waals surface area (Å²) in [6.07, 6.45) is 11.3. The number of rotatable bonds is 15. The number of alkyl carbamates (subject to hydrolysis) is 1. The highest BCUT2D eigenvalue weighted by atomic mass is 16.6. The molecule has 242 valence electrons. The van der Waals surface area contributed by atoms with Gasteiger partial charge < -0.3 is 20.3 Å². The molecule has 0 aliphatic heterocycles. The van der Waals surface area contributed by atoms with Crippen LogP contribution < -0.4 is 10.6 Å². The van der Waals surface area contributed by atoms with E-state index in [0.717, 1.165) is 68.1 Å². The van der Waals surface area contributed by atoms with E-state index in [-0.39, 0.29) is 24.3 Å². The minimum Gasteiger partial charge on any atom is -0.444 e. The lowest BCUT2D eigenvalue weighted by Crippen LogP contribution is -2.54. The summed E-state index contributed by atoms with van der Waals surface area (Å²) in [5.41, 5.74) is 2.06. The largest absolute Gasteiger partial charge is 0.444 e. The van der Waals surface area contributed by atoms with Gasteiger partial charge in [0.2, 0.25) is 11.8 Å². The normalized spacial score (nSPS) is 15.2. The lowest BCUT2D eigenvalue weighted by Gasteiger charge is -2.36. The molecule has 44 heavy (non-hydrogen) atoms. The lowest BCUT2D eigenvalue weighted by atomic mass is 9.94. The van der Waals surface area contributed by atoms with Gasteiger partial charge in [-0.3, -0.25) is 9.59 Å². The first kappa shape index (κ1) is 35.1. The summed E-state index contributed by atoms with van der Waals surface area (Å²) in [5, 5.41) is 6.17. The van der Waals surface area contributed by atoms with Gasteiger partial charge in [-0.05, 0) is 58.1 Å². The molecular weight excluding hydrogens is 550 g/mol. The second kappa shape index (κ2) is 17.8. The number of carbonyl (C=O) groups excluding carboxylic acids is 3. The Kier molecular flexibility index (Phi) is 14.2. The van der Waals surface area contributed by atoms with Crippen molar-refractivity contribution >= 4 is 17.9 Å². The van der Waals surface area contributed by atoms with E-state index in [2.05, 4.69) is 17.6 Å². The number of benzene rings is 2. The van der Waals surface area contributed by atoms with Crippen molar-refractivity contribution in [3.63, 3.8) is 0 Å². The fourth-order valence-electron chi connectivity index (χ4n) is 5.88. The molecule has 2 unspecified atom stereocenters. The molecule has 0 spiro atoms. The fraction of sp³-hybridized carbons (Fsp3) is 0.595. The summed E-state index contributed by atoms with van der Waals surface area (Å²) >= 11 is 0. The Bertz CT molecular complexity index is 1150. The Balaban J connectivity index is 1.98. The molecule has 0 heterocycles. The van der Waals surface area contributed by atoms with Crippen molar-refractivity contribution in [3.8, 4) is 0 Å². The Hall–Kier alpha value is -3.35. The van der Waals surface area contributed by atoms with Crippen LogP contribution in [0.5, 0.6) is 0 Å². The van der Waals surface area contributed by atoms with E-state index < -0.39 is 23.8 Å². The number of carbonyl (C=O) groups is 3. The van der Waals surface area contributed by atoms with Crippen LogP contribution in [0.25, 0.3) is 0 Å². The summed E-state index contributed by atoms with van der Waals surface area (Å²) in [6.45, 7) is 10.0. The van der Waals surface area contributed by atoms with E-state index in [4.69, 9.17) is 4.74 Å². The molecule has 0 bridgehead atoms. The molecule has 1 aliphatic rings. The minimum absolute atomic E-state index is 0.107. The fourth-order valence-corrected chi connectivity index (χ4v) is 5.88. The number of unbranched alkanes of at least 4 members (excludes halogenated alkanes) is 5. The standard InChI is InChI=1S/C37H55N3O4/c1-6-7-8-9-10-17-26-40(33(30-24-22-28(2)23-25-30)34(41)38-31-20-15-12-16-21-31)35(42)32(27-29-18-13-11-14-19-29)39-36(43)44-37(3,4)5/h11,13-14,18-19,22-25,31-33H,6-10,12,15-17,20-21,26-27H2,1-5H3,(H,38,41)(H,39,43). The topological polar surface area (TPSA) is 87.7 Å². The number of hydrogen-bond acceptors (Lipinski definition) is 4. The molecule has 7 nitrogen and oxygen atoms in total. The lowest BCUT2D eigenvalue weighted by molar-refractivity contribution is -0.143. The first-order valence-electron chi connectivity index (χ1n) is 16.8. The van der Waals surface area contributed by atoms with Crippen molar-refractivity contribution in [2.75, 3.05) is 6.54 Å². The second-order valence-electron chi connectivity index (χ2n) is 13.3. The number of ether oxygens (including phenoxy) is 1. The zero-order valence-electron chi connectivity index (χ0n) is 27.7. The van der Waals surface area contributed by atoms with Crippen LogP contribution in [0.15, 0.2) is 54.6 Å². The summed E-state index contributed by atoms with van der Waals surface area (Å²) in [6, 6.07) is 16.0. The second-order valence-corrected chi connectivity index (χ2v) is 13.3. The molecule has 0 aromatic heterocycles. The Morgan fingerprint density at radius 3 is 2.16 bits per heavy atom. The van der Waals surface area contributed by atoms with Gasteiger partial charge in [0.05, 0.1) is 0 Å². The average molecular weight is 606 g/mol. The van der Waals surface area contributed by atoms with Gasteiger partial charge in [-0.1, -0.05) is 118 Å². The third-order valence-corrected chi connectivity index (χ3v) is 8.21. The Labute approximate surface area is 265 Å². The predicted octanol–water partition coefficient (Wildman–Crippen LogP) is 7.81. The number of amides is 3. The van der Waals surface area contributed by atoms with E-state index in [0.29, 0.717) is 6.54 Å². The molecule has 2 aromatic rings. The van der Waals surface area contributed by atoms with Crippen LogP contribution in [-0.2, 0) is 20.7 Å². The number of hydrogen-bond donors (Lipinski definition) is 2. The number of nitrogens with one attached hydrogen (secondary N) is 2. The molecule has 2 atom stereocenters. The quantitative estimate of drug-likeness (QED) is 0.203. The molecule has 1 fully saturated rings. The zero-order valence-corrected chi connectivity index (χ0v) is 27.7. The van der Waals surface area contributed by atoms with Crippen molar-refractivity contribution in [1.29, 1.82) is 0 Å². The molecule has 1 saturated carbocycles. The molecular formula is C37H55N3O4. The number of nitrogens with zero attached hydrogens (tertiary/aromatic N) is 1. The van der Waals surface area contributed by atoms with E-state index in [1.807, 2.05) is 61.5 Å². The first-order chi connectivity index (χ1) is 21.1. The van der Waals surface area contributed by atoms with Crippen molar-refractivity contribution < 1.29 is 19.1 Å². The molecule has 0 saturated heterocycles. The summed E-state index contributed by atoms with van der Waals surface area (Å²) in [4.78, 5) is 43.6. The van der Waals surface area contributed by atoms with Gasteiger partial charge >= 0.3 is 6.09 Å². The summed E-state index contributed by atoms with van der Waals surface area (Å²) in [5.74, 6) is -0.437. The molecule has 3 rings (SSSR count). The molecule has 2 N–H and O–H groups in total. The van der Waals surface area contributed by atoms with Crippen LogP contribution in [0.2, 0.25) is 0 Å². The smallest absolute Gasteiger partial charge is 0.408 e. The van der Waals surface area contributed by atoms with Crippen LogP contribution in [0.3, 0.4) is 0 Å². The molecule has 1 aliphatic carbocycles. The van der Waals surface area contributed by atoms with E-state index in [1.165, 1.54) is 19.3 Å². The summed E-state index contributed by atoms with van der Waals surface area (Å²) in [7, 11) is 0. The first-order valence-corrected chi connectivity index (χ1v) is 16.8. The Morgan fingerprint density at radius 2 is 1.52 bits per heavy atom. The maximum Gasteiger partial charge on any atom is 0.408 e. The van der Waals surface area contributed by atoms with Crippen LogP contribution in [0.1, 0.15) is 121 Å². The SMILES string of the molecule is CCCCCCCCN(C(=O)C(Cc1ccccc1)NC(=O)OC(C)(C)C)C(C(=O)NC1CCCCC1)c1ccc(C)cc1. The highest BCUT2D eigenvalue weighted by Crippen LogP contribution is 2.27. The van der Waals surface area contributed by atoms with Gasteiger partial charge in [-0.2, -0.15) is 0 Å². The molecule has 0 radical (unpaired) electrons. The molecule has 2 aromatic carbocycles. The highest BCUT2D eigenvalue weighted by Gasteiger charge is 2.37. The maximum atomic E-state index is 14.7. The van der Waals surface area contributed by atoms with Gasteiger partial charge in [0, 0.05) is 19.0 Å². The van der Waals surface area contributed by atoms with Gasteiger partial charge in [0.1, 0.15) is 17.7 Å². The molecule has 3 amide bonds. The third kappa shape index (κ3) is 12.0. The van der Waals surface area contributed by atoms with Crippen molar-refractivity contribution in [2.45, 2.75) is 135 Å². The van der Waals surface area contributed by atoms with Crippen molar-refractivity contribution in [1.82, 2.24) is 15.5 Å². The Morgan fingerprint density at radius 1 is 0.886 bits per heavy atom. The minimum atomic E-state index is -0.900. The van der Waals surface area contributed by atoms with Gasteiger partial charge in [-0.15, -0.1) is 0 Å². The van der Waals surface area contributed by atoms with E-state index >= 15 is 0 Å². The van der Waals surface area contributed by atoms with E-state index in [9.17, 15) is 14.4 Å². The maximum absolute atomic E-state index is 14.7. The number of aryl methyl sites for hydroxylation is 1. The van der Waals surface area contributed by atoms with Gasteiger partial charge in [0.15, 0.2) is 0 Å². The average Bonchev–Trinajstić information content (AvgIpc) is 2.98. The van der Waals surface area contributed by atoms with Gasteiger partial charge in [0.25, 0.3) is 0 Å². The molecule has 7 heteroatoms. The van der Waals surface area contributed by atoms with Crippen LogP contribution in [0, 0.1) is 6.92 Å². The monoisotopic (exact) mass is 605 g/mol. The van der Waals surface area contributed by atoms with E-state index in [1.54, 1.807) is 25.7 Å². The highest BCUT2D eigenvalue weighted by molar-refractivity contribution is 5.92. The third-order valence-electron chi connectivity index (χ3n) is 8.21. The van der Waals surface area contributed by atoms with Crippen molar-refractivity contribution in [2.24, 2.45) is 0 Å². The zero-order chi connectivity index (χ0) is 32.0. The van der Waals surface area contributed by atoms with Crippen LogP contribution >= 0.6 is 0 Å². The van der Waals surface area contributed by atoms with Crippen LogP contribution in [-0.4, -0.2) is 47.0 Å².